The Morgan fingerprint density at radius 1 is 0.900 bits per heavy atom. The van der Waals surface area contributed by atoms with E-state index in [9.17, 15) is 14.4 Å². The second-order valence-corrected chi connectivity index (χ2v) is 7.21. The predicted molar refractivity (Wildman–Crippen MR) is 118 cm³/mol. The molecule has 0 saturated heterocycles. The number of amides is 1. The summed E-state index contributed by atoms with van der Waals surface area (Å²) in [5, 5.41) is 3.48. The van der Waals surface area contributed by atoms with Crippen LogP contribution in [0.25, 0.3) is 10.9 Å². The van der Waals surface area contributed by atoms with Crippen LogP contribution in [0, 0.1) is 0 Å². The maximum Gasteiger partial charge on any atom is 0.244 e. The van der Waals surface area contributed by atoms with E-state index < -0.39 is 11.2 Å². The molecule has 0 aliphatic rings. The summed E-state index contributed by atoms with van der Waals surface area (Å²) in [5.41, 5.74) is 1.16. The zero-order valence-electron chi connectivity index (χ0n) is 15.8. The first-order valence-electron chi connectivity index (χ1n) is 9.30. The smallest absolute Gasteiger partial charge is 0.244 e. The minimum atomic E-state index is -0.416. The Morgan fingerprint density at radius 3 is 2.27 bits per heavy atom. The molecule has 0 saturated carbocycles. The molecule has 0 aliphatic carbocycles. The molecule has 5 nitrogen and oxygen atoms in total. The van der Waals surface area contributed by atoms with E-state index in [4.69, 9.17) is 11.6 Å². The van der Waals surface area contributed by atoms with E-state index in [1.165, 1.54) is 12.3 Å². The van der Waals surface area contributed by atoms with Gasteiger partial charge in [0.25, 0.3) is 0 Å². The molecule has 1 N–H and O–H groups in total. The molecule has 30 heavy (non-hydrogen) atoms. The van der Waals surface area contributed by atoms with E-state index in [2.05, 4.69) is 5.32 Å². The number of pyridine rings is 1. The Bertz CT molecular complexity index is 1300. The average molecular weight is 417 g/mol. The highest BCUT2D eigenvalue weighted by molar-refractivity contribution is 6.31. The van der Waals surface area contributed by atoms with Crippen molar-refractivity contribution in [1.29, 1.82) is 0 Å². The summed E-state index contributed by atoms with van der Waals surface area (Å²) in [7, 11) is 0. The fourth-order valence-electron chi connectivity index (χ4n) is 3.28. The summed E-state index contributed by atoms with van der Waals surface area (Å²) in [5.74, 6) is -0.682. The van der Waals surface area contributed by atoms with Crippen molar-refractivity contribution in [1.82, 2.24) is 4.57 Å². The number of para-hydroxylation sites is 1. The van der Waals surface area contributed by atoms with Gasteiger partial charge in [-0.05, 0) is 30.3 Å². The third-order valence-electron chi connectivity index (χ3n) is 4.69. The van der Waals surface area contributed by atoms with Crippen LogP contribution in [0.4, 0.5) is 5.69 Å². The Morgan fingerprint density at radius 2 is 1.57 bits per heavy atom. The number of hydrogen-bond donors (Lipinski definition) is 1. The van der Waals surface area contributed by atoms with E-state index in [0.717, 1.165) is 0 Å². The maximum atomic E-state index is 13.0. The highest BCUT2D eigenvalue weighted by atomic mass is 35.5. The van der Waals surface area contributed by atoms with Crippen molar-refractivity contribution in [3.05, 3.63) is 111 Å². The van der Waals surface area contributed by atoms with Gasteiger partial charge in [0.1, 0.15) is 6.54 Å². The van der Waals surface area contributed by atoms with Gasteiger partial charge in [-0.2, -0.15) is 0 Å². The van der Waals surface area contributed by atoms with Gasteiger partial charge in [0, 0.05) is 27.9 Å². The average Bonchev–Trinajstić information content (AvgIpc) is 2.76. The van der Waals surface area contributed by atoms with Crippen molar-refractivity contribution >= 4 is 39.9 Å². The molecule has 0 bridgehead atoms. The number of hydrogen-bond acceptors (Lipinski definition) is 3. The molecule has 0 fully saturated rings. The third kappa shape index (κ3) is 4.02. The minimum absolute atomic E-state index is 0.0107. The van der Waals surface area contributed by atoms with E-state index in [0.29, 0.717) is 21.8 Å². The second kappa shape index (κ2) is 8.35. The van der Waals surface area contributed by atoms with Crippen molar-refractivity contribution < 1.29 is 9.59 Å². The number of benzene rings is 3. The number of halogens is 1. The third-order valence-corrected chi connectivity index (χ3v) is 4.93. The Balaban J connectivity index is 1.78. The van der Waals surface area contributed by atoms with Gasteiger partial charge >= 0.3 is 0 Å². The van der Waals surface area contributed by atoms with E-state index >= 15 is 0 Å². The number of ketones is 1. The van der Waals surface area contributed by atoms with Crippen LogP contribution in [0.3, 0.4) is 0 Å². The maximum absolute atomic E-state index is 13.0. The fraction of sp³-hybridized carbons (Fsp3) is 0.0417. The van der Waals surface area contributed by atoms with E-state index in [1.807, 2.05) is 18.2 Å². The SMILES string of the molecule is O=C(Cn1cc(C(=O)c2ccccc2)c(=O)c2cc(Cl)ccc21)Nc1ccccc1. The van der Waals surface area contributed by atoms with Gasteiger partial charge in [-0.1, -0.05) is 60.1 Å². The van der Waals surface area contributed by atoms with Crippen molar-refractivity contribution in [3.63, 3.8) is 0 Å². The first kappa shape index (κ1) is 19.6. The molecule has 0 spiro atoms. The molecule has 148 valence electrons. The first-order valence-corrected chi connectivity index (χ1v) is 9.68. The normalized spacial score (nSPS) is 10.7. The first-order chi connectivity index (χ1) is 14.5. The van der Waals surface area contributed by atoms with Crippen LogP contribution in [0.2, 0.25) is 5.02 Å². The Hall–Kier alpha value is -3.70. The van der Waals surface area contributed by atoms with E-state index in [-0.39, 0.29) is 23.4 Å². The standard InChI is InChI=1S/C24H17ClN2O3/c25-17-11-12-21-19(13-17)24(30)20(23(29)16-7-3-1-4-8-16)14-27(21)15-22(28)26-18-9-5-2-6-10-18/h1-14H,15H2,(H,26,28). The van der Waals surface area contributed by atoms with Gasteiger partial charge in [-0.15, -0.1) is 0 Å². The lowest BCUT2D eigenvalue weighted by molar-refractivity contribution is -0.116. The van der Waals surface area contributed by atoms with Crippen LogP contribution in [0.15, 0.2) is 89.9 Å². The van der Waals surface area contributed by atoms with Gasteiger partial charge < -0.3 is 9.88 Å². The monoisotopic (exact) mass is 416 g/mol. The summed E-state index contributed by atoms with van der Waals surface area (Å²) < 4.78 is 1.60. The molecule has 1 amide bonds. The Kier molecular flexibility index (Phi) is 5.46. The molecule has 3 aromatic carbocycles. The summed E-state index contributed by atoms with van der Waals surface area (Å²) >= 11 is 6.09. The molecule has 1 aromatic heterocycles. The van der Waals surface area contributed by atoms with Crippen LogP contribution in [0.5, 0.6) is 0 Å². The van der Waals surface area contributed by atoms with Crippen LogP contribution >= 0.6 is 11.6 Å². The molecular weight excluding hydrogens is 400 g/mol. The van der Waals surface area contributed by atoms with Crippen molar-refractivity contribution in [2.45, 2.75) is 6.54 Å². The van der Waals surface area contributed by atoms with Gasteiger partial charge in [0.2, 0.25) is 11.3 Å². The topological polar surface area (TPSA) is 68.2 Å². The minimum Gasteiger partial charge on any atom is -0.337 e. The predicted octanol–water partition coefficient (Wildman–Crippen LogP) is 4.52. The number of anilines is 1. The number of carbonyl (C=O) groups excluding carboxylic acids is 2. The summed E-state index contributed by atoms with van der Waals surface area (Å²) in [6.45, 7) is -0.0671. The van der Waals surface area contributed by atoms with Crippen LogP contribution in [-0.4, -0.2) is 16.3 Å². The summed E-state index contributed by atoms with van der Waals surface area (Å²) in [6.07, 6.45) is 1.44. The number of rotatable bonds is 5. The zero-order valence-corrected chi connectivity index (χ0v) is 16.6. The molecule has 4 rings (SSSR count). The lowest BCUT2D eigenvalue weighted by Crippen LogP contribution is -2.24. The fourth-order valence-corrected chi connectivity index (χ4v) is 3.46. The van der Waals surface area contributed by atoms with Crippen molar-refractivity contribution in [3.8, 4) is 0 Å². The molecule has 0 atom stereocenters. The van der Waals surface area contributed by atoms with E-state index in [1.54, 1.807) is 59.2 Å². The van der Waals surface area contributed by atoms with Crippen molar-refractivity contribution in [2.24, 2.45) is 0 Å². The highest BCUT2D eigenvalue weighted by Gasteiger charge is 2.18. The molecule has 0 aliphatic heterocycles. The van der Waals surface area contributed by atoms with Crippen molar-refractivity contribution in [2.75, 3.05) is 5.32 Å². The zero-order chi connectivity index (χ0) is 21.1. The largest absolute Gasteiger partial charge is 0.337 e. The van der Waals surface area contributed by atoms with Crippen LogP contribution < -0.4 is 10.7 Å². The number of carbonyl (C=O) groups is 2. The van der Waals surface area contributed by atoms with Gasteiger partial charge in [0.05, 0.1) is 11.1 Å². The summed E-state index contributed by atoms with van der Waals surface area (Å²) in [6, 6.07) is 22.5. The Labute approximate surface area is 177 Å². The van der Waals surface area contributed by atoms with Gasteiger partial charge in [-0.25, -0.2) is 0 Å². The number of fused-ring (bicyclic) bond motifs is 1. The van der Waals surface area contributed by atoms with Gasteiger partial charge in [0.15, 0.2) is 5.78 Å². The number of aromatic nitrogens is 1. The molecule has 1 heterocycles. The number of nitrogens with one attached hydrogen (secondary N) is 1. The number of nitrogens with zero attached hydrogens (tertiary/aromatic N) is 1. The summed E-state index contributed by atoms with van der Waals surface area (Å²) in [4.78, 5) is 38.6. The molecule has 0 unspecified atom stereocenters. The molecule has 6 heteroatoms. The quantitative estimate of drug-likeness (QED) is 0.486. The van der Waals surface area contributed by atoms with Crippen LogP contribution in [0.1, 0.15) is 15.9 Å². The second-order valence-electron chi connectivity index (χ2n) is 6.77. The highest BCUT2D eigenvalue weighted by Crippen LogP contribution is 2.19. The molecule has 0 radical (unpaired) electrons. The lowest BCUT2D eigenvalue weighted by Gasteiger charge is -2.14. The molecule has 4 aromatic rings. The lowest BCUT2D eigenvalue weighted by atomic mass is 10.0. The van der Waals surface area contributed by atoms with Gasteiger partial charge in [-0.3, -0.25) is 14.4 Å². The van der Waals surface area contributed by atoms with Crippen LogP contribution in [-0.2, 0) is 11.3 Å². The molecular formula is C24H17ClN2O3.